The van der Waals surface area contributed by atoms with Gasteiger partial charge in [-0.1, -0.05) is 30.3 Å². The molecule has 0 aliphatic carbocycles. The molecule has 0 atom stereocenters. The number of carboxylic acid groups (broad SMARTS) is 1. The van der Waals surface area contributed by atoms with Crippen molar-refractivity contribution in [2.45, 2.75) is 13.8 Å². The van der Waals surface area contributed by atoms with Crippen molar-refractivity contribution in [1.29, 1.82) is 5.26 Å². The van der Waals surface area contributed by atoms with Crippen LogP contribution >= 0.6 is 0 Å². The molecule has 0 saturated heterocycles. The van der Waals surface area contributed by atoms with Crippen LogP contribution in [0.4, 0.5) is 5.82 Å². The Morgan fingerprint density at radius 1 is 1.27 bits per heavy atom. The number of nitrogens with zero attached hydrogens (tertiary/aromatic N) is 3. The minimum absolute atomic E-state index is 0.155. The molecule has 0 spiro atoms. The summed E-state index contributed by atoms with van der Waals surface area (Å²) in [5.41, 5.74) is 3.59. The van der Waals surface area contributed by atoms with E-state index >= 15 is 0 Å². The number of pyridine rings is 1. The number of anilines is 1. The maximum atomic E-state index is 12.2. The highest BCUT2D eigenvalue weighted by Crippen LogP contribution is 2.37. The number of hydrogen-bond donors (Lipinski definition) is 1. The lowest BCUT2D eigenvalue weighted by Gasteiger charge is -2.22. The van der Waals surface area contributed by atoms with E-state index in [9.17, 15) is 15.2 Å². The van der Waals surface area contributed by atoms with Crippen molar-refractivity contribution in [3.63, 3.8) is 0 Å². The maximum absolute atomic E-state index is 12.2. The molecule has 1 aromatic heterocycles. The highest BCUT2D eigenvalue weighted by atomic mass is 16.4. The number of aromatic carboxylic acids is 1. The highest BCUT2D eigenvalue weighted by Gasteiger charge is 2.24. The number of benzene rings is 2. The van der Waals surface area contributed by atoms with Gasteiger partial charge >= 0.3 is 5.97 Å². The molecular weight excluding hydrogens is 326 g/mol. The number of carboxylic acids is 1. The fraction of sp³-hybridized carbons (Fsp3) is 0.190. The largest absolute Gasteiger partial charge is 0.478 e. The Hall–Kier alpha value is -3.39. The summed E-state index contributed by atoms with van der Waals surface area (Å²) in [4.78, 5) is 18.7. The van der Waals surface area contributed by atoms with Crippen molar-refractivity contribution in [3.8, 4) is 17.2 Å². The molecule has 0 aliphatic rings. The Bertz CT molecular complexity index is 1040. The summed E-state index contributed by atoms with van der Waals surface area (Å²) in [5, 5.41) is 20.0. The second-order valence-corrected chi connectivity index (χ2v) is 6.17. The Labute approximate surface area is 152 Å². The van der Waals surface area contributed by atoms with Crippen molar-refractivity contribution in [2.24, 2.45) is 0 Å². The van der Waals surface area contributed by atoms with E-state index in [4.69, 9.17) is 0 Å². The van der Waals surface area contributed by atoms with Crippen LogP contribution in [0.5, 0.6) is 0 Å². The topological polar surface area (TPSA) is 77.2 Å². The molecule has 26 heavy (non-hydrogen) atoms. The van der Waals surface area contributed by atoms with E-state index in [2.05, 4.69) is 11.1 Å². The summed E-state index contributed by atoms with van der Waals surface area (Å²) in [6.45, 7) is 4.47. The van der Waals surface area contributed by atoms with Gasteiger partial charge in [-0.3, -0.25) is 0 Å². The summed E-state index contributed by atoms with van der Waals surface area (Å²) >= 11 is 0. The predicted octanol–water partition coefficient (Wildman–Crippen LogP) is 4.24. The molecule has 2 aromatic carbocycles. The fourth-order valence-electron chi connectivity index (χ4n) is 3.12. The number of hydrogen-bond acceptors (Lipinski definition) is 4. The molecule has 0 unspecified atom stereocenters. The first-order valence-corrected chi connectivity index (χ1v) is 8.36. The molecule has 0 amide bonds. The second-order valence-electron chi connectivity index (χ2n) is 6.17. The molecule has 5 heteroatoms. The van der Waals surface area contributed by atoms with Crippen molar-refractivity contribution in [2.75, 3.05) is 18.5 Å². The first-order chi connectivity index (χ1) is 12.5. The summed E-state index contributed by atoms with van der Waals surface area (Å²) in [7, 11) is 1.83. The van der Waals surface area contributed by atoms with E-state index in [1.807, 2.05) is 56.1 Å². The van der Waals surface area contributed by atoms with E-state index in [1.165, 1.54) is 0 Å². The third-order valence-electron chi connectivity index (χ3n) is 4.50. The van der Waals surface area contributed by atoms with Crippen LogP contribution in [-0.2, 0) is 0 Å². The number of fused-ring (bicyclic) bond motifs is 1. The minimum atomic E-state index is -1.03. The average molecular weight is 345 g/mol. The lowest BCUT2D eigenvalue weighted by atomic mass is 9.93. The van der Waals surface area contributed by atoms with Crippen molar-refractivity contribution in [3.05, 3.63) is 59.2 Å². The molecule has 3 aromatic rings. The van der Waals surface area contributed by atoms with Gasteiger partial charge in [0.05, 0.1) is 17.1 Å². The van der Waals surface area contributed by atoms with Gasteiger partial charge in [-0.05, 0) is 37.1 Å². The first kappa shape index (κ1) is 17.4. The van der Waals surface area contributed by atoms with Crippen molar-refractivity contribution in [1.82, 2.24) is 4.98 Å². The fourth-order valence-corrected chi connectivity index (χ4v) is 3.12. The quantitative estimate of drug-likeness (QED) is 0.765. The SMILES string of the molecule is CCN(C)c1nc2c(C)cc(C#N)cc2c(-c2ccccc2)c1C(=O)O. The summed E-state index contributed by atoms with van der Waals surface area (Å²) in [6.07, 6.45) is 0. The van der Waals surface area contributed by atoms with E-state index in [0.717, 1.165) is 11.1 Å². The van der Waals surface area contributed by atoms with Crippen LogP contribution in [-0.4, -0.2) is 29.7 Å². The average Bonchev–Trinajstić information content (AvgIpc) is 2.66. The number of nitriles is 1. The normalized spacial score (nSPS) is 10.5. The molecular formula is C21H19N3O2. The van der Waals surface area contributed by atoms with Crippen LogP contribution < -0.4 is 4.90 Å². The zero-order chi connectivity index (χ0) is 18.8. The van der Waals surface area contributed by atoms with Gasteiger partial charge in [0.15, 0.2) is 0 Å². The van der Waals surface area contributed by atoms with Crippen LogP contribution in [0, 0.1) is 18.3 Å². The monoisotopic (exact) mass is 345 g/mol. The highest BCUT2D eigenvalue weighted by molar-refractivity contribution is 6.11. The van der Waals surface area contributed by atoms with Crippen LogP contribution in [0.3, 0.4) is 0 Å². The molecule has 0 saturated carbocycles. The Morgan fingerprint density at radius 2 is 1.96 bits per heavy atom. The summed E-state index contributed by atoms with van der Waals surface area (Å²) < 4.78 is 0. The van der Waals surface area contributed by atoms with Gasteiger partial charge in [0.1, 0.15) is 11.4 Å². The number of rotatable bonds is 4. The van der Waals surface area contributed by atoms with Gasteiger partial charge < -0.3 is 10.0 Å². The van der Waals surface area contributed by atoms with E-state index < -0.39 is 5.97 Å². The second kappa shape index (κ2) is 6.85. The Balaban J connectivity index is 2.57. The smallest absolute Gasteiger partial charge is 0.340 e. The van der Waals surface area contributed by atoms with Gasteiger partial charge in [-0.25, -0.2) is 9.78 Å². The Morgan fingerprint density at radius 3 is 2.54 bits per heavy atom. The number of aryl methyl sites for hydroxylation is 1. The van der Waals surface area contributed by atoms with Gasteiger partial charge in [-0.15, -0.1) is 0 Å². The van der Waals surface area contributed by atoms with Crippen LogP contribution in [0.2, 0.25) is 0 Å². The third-order valence-corrected chi connectivity index (χ3v) is 4.50. The lowest BCUT2D eigenvalue weighted by Crippen LogP contribution is -2.21. The molecule has 0 fully saturated rings. The summed E-state index contributed by atoms with van der Waals surface area (Å²) in [5.74, 6) is -0.604. The summed E-state index contributed by atoms with van der Waals surface area (Å²) in [6, 6.07) is 15.0. The molecule has 0 bridgehead atoms. The molecule has 3 rings (SSSR count). The van der Waals surface area contributed by atoms with Gasteiger partial charge in [-0.2, -0.15) is 5.26 Å². The number of carbonyl (C=O) groups is 1. The molecule has 5 nitrogen and oxygen atoms in total. The third kappa shape index (κ3) is 2.86. The van der Waals surface area contributed by atoms with Crippen molar-refractivity contribution >= 4 is 22.7 Å². The van der Waals surface area contributed by atoms with Gasteiger partial charge in [0.2, 0.25) is 0 Å². The molecule has 1 heterocycles. The maximum Gasteiger partial charge on any atom is 0.340 e. The Kier molecular flexibility index (Phi) is 4.59. The van der Waals surface area contributed by atoms with Crippen LogP contribution in [0.25, 0.3) is 22.0 Å². The molecule has 130 valence electrons. The van der Waals surface area contributed by atoms with Gasteiger partial charge in [0, 0.05) is 24.5 Å². The molecule has 1 N–H and O–H groups in total. The van der Waals surface area contributed by atoms with Crippen molar-refractivity contribution < 1.29 is 9.90 Å². The predicted molar refractivity (Wildman–Crippen MR) is 103 cm³/mol. The number of aromatic nitrogens is 1. The minimum Gasteiger partial charge on any atom is -0.478 e. The van der Waals surface area contributed by atoms with E-state index in [0.29, 0.717) is 34.4 Å². The zero-order valence-corrected chi connectivity index (χ0v) is 14.9. The zero-order valence-electron chi connectivity index (χ0n) is 14.9. The standard InChI is InChI=1S/C21H19N3O2/c1-4-24(3)20-18(21(25)26)17(15-8-6-5-7-9-15)16-11-14(12-22)10-13(2)19(16)23-20/h5-11H,4H2,1-3H3,(H,25,26). The van der Waals surface area contributed by atoms with Gasteiger partial charge in [0.25, 0.3) is 0 Å². The molecule has 0 aliphatic heterocycles. The van der Waals surface area contributed by atoms with E-state index in [-0.39, 0.29) is 5.56 Å². The lowest BCUT2D eigenvalue weighted by molar-refractivity contribution is 0.0698. The van der Waals surface area contributed by atoms with E-state index in [1.54, 1.807) is 12.1 Å². The van der Waals surface area contributed by atoms with Crippen LogP contribution in [0.15, 0.2) is 42.5 Å². The van der Waals surface area contributed by atoms with Crippen LogP contribution in [0.1, 0.15) is 28.4 Å². The first-order valence-electron chi connectivity index (χ1n) is 8.36. The molecule has 0 radical (unpaired) electrons.